The molecule has 2 heteroatoms. The first kappa shape index (κ1) is 11.5. The van der Waals surface area contributed by atoms with Gasteiger partial charge in [-0.1, -0.05) is 13.0 Å². The average molecular weight is 219 g/mol. The zero-order valence-corrected chi connectivity index (χ0v) is 10.6. The highest BCUT2D eigenvalue weighted by atomic mass is 16.5. The lowest BCUT2D eigenvalue weighted by atomic mass is 9.92. The van der Waals surface area contributed by atoms with Crippen LogP contribution in [0.2, 0.25) is 0 Å². The van der Waals surface area contributed by atoms with Crippen molar-refractivity contribution in [1.82, 2.24) is 0 Å². The van der Waals surface area contributed by atoms with Gasteiger partial charge >= 0.3 is 0 Å². The minimum atomic E-state index is -0.0562. The van der Waals surface area contributed by atoms with Crippen molar-refractivity contribution in [3.63, 3.8) is 0 Å². The summed E-state index contributed by atoms with van der Waals surface area (Å²) in [5, 5.41) is 0. The predicted octanol–water partition coefficient (Wildman–Crippen LogP) is 2.77. The molecule has 2 nitrogen and oxygen atoms in total. The second-order valence-electron chi connectivity index (χ2n) is 5.49. The zero-order chi connectivity index (χ0) is 11.9. The van der Waals surface area contributed by atoms with Crippen molar-refractivity contribution >= 4 is 0 Å². The lowest BCUT2D eigenvalue weighted by Gasteiger charge is -2.17. The van der Waals surface area contributed by atoms with Crippen LogP contribution < -0.4 is 10.5 Å². The molecule has 1 heterocycles. The molecule has 0 bridgehead atoms. The molecule has 1 aliphatic heterocycles. The smallest absolute Gasteiger partial charge is 0.123 e. The van der Waals surface area contributed by atoms with Crippen molar-refractivity contribution < 1.29 is 4.74 Å². The summed E-state index contributed by atoms with van der Waals surface area (Å²) in [4.78, 5) is 0. The molecule has 88 valence electrons. The molecule has 0 radical (unpaired) electrons. The van der Waals surface area contributed by atoms with Crippen LogP contribution in [0, 0.1) is 6.92 Å². The molecule has 0 saturated carbocycles. The third-order valence-corrected chi connectivity index (χ3v) is 3.34. The predicted molar refractivity (Wildman–Crippen MR) is 67.1 cm³/mol. The summed E-state index contributed by atoms with van der Waals surface area (Å²) in [6, 6.07) is 4.43. The van der Waals surface area contributed by atoms with Crippen molar-refractivity contribution in [2.24, 2.45) is 5.73 Å². The summed E-state index contributed by atoms with van der Waals surface area (Å²) in [6.45, 7) is 9.28. The van der Waals surface area contributed by atoms with E-state index in [1.54, 1.807) is 0 Å². The first-order valence-electron chi connectivity index (χ1n) is 5.95. The van der Waals surface area contributed by atoms with E-state index >= 15 is 0 Å². The Labute approximate surface area is 97.8 Å². The van der Waals surface area contributed by atoms with E-state index in [4.69, 9.17) is 10.5 Å². The normalized spacial score (nSPS) is 19.1. The molecular formula is C14H21NO. The standard InChI is InChI=1S/C14H21NO/c1-9-5-13-11(7-14(3,4)16-13)6-12(9)10(2)8-15/h5-6,10H,7-8,15H2,1-4H3. The molecule has 1 aliphatic rings. The SMILES string of the molecule is Cc1cc2c(cc1C(C)CN)CC(C)(C)O2. The first-order chi connectivity index (χ1) is 7.43. The molecule has 1 unspecified atom stereocenters. The van der Waals surface area contributed by atoms with Crippen molar-refractivity contribution in [3.8, 4) is 5.75 Å². The fourth-order valence-electron chi connectivity index (χ4n) is 2.43. The van der Waals surface area contributed by atoms with Gasteiger partial charge in [0.05, 0.1) is 0 Å². The second-order valence-corrected chi connectivity index (χ2v) is 5.49. The Morgan fingerprint density at radius 1 is 1.44 bits per heavy atom. The topological polar surface area (TPSA) is 35.2 Å². The van der Waals surface area contributed by atoms with Crippen LogP contribution in [-0.4, -0.2) is 12.1 Å². The van der Waals surface area contributed by atoms with Gasteiger partial charge in [0.1, 0.15) is 11.4 Å². The lowest BCUT2D eigenvalue weighted by molar-refractivity contribution is 0.138. The van der Waals surface area contributed by atoms with Crippen molar-refractivity contribution in [3.05, 3.63) is 28.8 Å². The van der Waals surface area contributed by atoms with Gasteiger partial charge in [-0.05, 0) is 56.0 Å². The highest BCUT2D eigenvalue weighted by molar-refractivity contribution is 5.47. The van der Waals surface area contributed by atoms with Crippen LogP contribution in [0.1, 0.15) is 43.4 Å². The van der Waals surface area contributed by atoms with Gasteiger partial charge in [0.15, 0.2) is 0 Å². The van der Waals surface area contributed by atoms with E-state index in [1.807, 2.05) is 0 Å². The van der Waals surface area contributed by atoms with E-state index < -0.39 is 0 Å². The zero-order valence-electron chi connectivity index (χ0n) is 10.6. The number of benzene rings is 1. The Morgan fingerprint density at radius 2 is 2.12 bits per heavy atom. The van der Waals surface area contributed by atoms with E-state index in [0.717, 1.165) is 12.2 Å². The Morgan fingerprint density at radius 3 is 2.75 bits per heavy atom. The lowest BCUT2D eigenvalue weighted by Crippen LogP contribution is -2.24. The molecule has 0 spiro atoms. The van der Waals surface area contributed by atoms with Gasteiger partial charge in [0.2, 0.25) is 0 Å². The average Bonchev–Trinajstić information content (AvgIpc) is 2.48. The summed E-state index contributed by atoms with van der Waals surface area (Å²) < 4.78 is 5.91. The molecule has 2 rings (SSSR count). The number of hydrogen-bond donors (Lipinski definition) is 1. The number of fused-ring (bicyclic) bond motifs is 1. The molecule has 16 heavy (non-hydrogen) atoms. The number of nitrogens with two attached hydrogens (primary N) is 1. The third kappa shape index (κ3) is 1.94. The Hall–Kier alpha value is -1.02. The third-order valence-electron chi connectivity index (χ3n) is 3.34. The van der Waals surface area contributed by atoms with Gasteiger partial charge in [-0.3, -0.25) is 0 Å². The molecule has 0 saturated heterocycles. The van der Waals surface area contributed by atoms with Gasteiger partial charge in [0.25, 0.3) is 0 Å². The largest absolute Gasteiger partial charge is 0.487 e. The maximum absolute atomic E-state index is 5.91. The van der Waals surface area contributed by atoms with Crippen LogP contribution >= 0.6 is 0 Å². The quantitative estimate of drug-likeness (QED) is 0.830. The van der Waals surface area contributed by atoms with Crippen LogP contribution in [0.4, 0.5) is 0 Å². The van der Waals surface area contributed by atoms with Crippen LogP contribution in [0.3, 0.4) is 0 Å². The van der Waals surface area contributed by atoms with Crippen molar-refractivity contribution in [1.29, 1.82) is 0 Å². The Balaban J connectivity index is 2.41. The van der Waals surface area contributed by atoms with Gasteiger partial charge < -0.3 is 10.5 Å². The van der Waals surface area contributed by atoms with Crippen molar-refractivity contribution in [2.45, 2.75) is 45.6 Å². The van der Waals surface area contributed by atoms with Crippen LogP contribution in [0.5, 0.6) is 5.75 Å². The highest BCUT2D eigenvalue weighted by Gasteiger charge is 2.30. The summed E-state index contributed by atoms with van der Waals surface area (Å²) in [6.07, 6.45) is 0.993. The van der Waals surface area contributed by atoms with Crippen molar-refractivity contribution in [2.75, 3.05) is 6.54 Å². The van der Waals surface area contributed by atoms with Gasteiger partial charge in [-0.25, -0.2) is 0 Å². The molecule has 1 aromatic carbocycles. The maximum atomic E-state index is 5.91. The minimum absolute atomic E-state index is 0.0562. The van der Waals surface area contributed by atoms with E-state index in [0.29, 0.717) is 12.5 Å². The molecule has 2 N–H and O–H groups in total. The molecule has 0 aliphatic carbocycles. The Bertz CT molecular complexity index is 409. The van der Waals surface area contributed by atoms with Gasteiger partial charge in [-0.2, -0.15) is 0 Å². The molecule has 0 fully saturated rings. The maximum Gasteiger partial charge on any atom is 0.123 e. The molecule has 1 aromatic rings. The summed E-state index contributed by atoms with van der Waals surface area (Å²) >= 11 is 0. The number of hydrogen-bond acceptors (Lipinski definition) is 2. The summed E-state index contributed by atoms with van der Waals surface area (Å²) in [5.41, 5.74) is 9.66. The van der Waals surface area contributed by atoms with Crippen LogP contribution in [0.15, 0.2) is 12.1 Å². The van der Waals surface area contributed by atoms with Gasteiger partial charge in [0, 0.05) is 6.42 Å². The molecular weight excluding hydrogens is 198 g/mol. The fourth-order valence-corrected chi connectivity index (χ4v) is 2.43. The Kier molecular flexibility index (Phi) is 2.70. The van der Waals surface area contributed by atoms with E-state index in [2.05, 4.69) is 39.8 Å². The number of aryl methyl sites for hydroxylation is 1. The first-order valence-corrected chi connectivity index (χ1v) is 5.95. The minimum Gasteiger partial charge on any atom is -0.487 e. The highest BCUT2D eigenvalue weighted by Crippen LogP contribution is 2.37. The second kappa shape index (κ2) is 3.77. The molecule has 1 atom stereocenters. The fraction of sp³-hybridized carbons (Fsp3) is 0.571. The van der Waals surface area contributed by atoms with Crippen LogP contribution in [-0.2, 0) is 6.42 Å². The van der Waals surface area contributed by atoms with E-state index in [1.165, 1.54) is 16.7 Å². The molecule has 0 amide bonds. The number of rotatable bonds is 2. The molecule has 0 aromatic heterocycles. The number of ether oxygens (including phenoxy) is 1. The van der Waals surface area contributed by atoms with Crippen LogP contribution in [0.25, 0.3) is 0 Å². The monoisotopic (exact) mass is 219 g/mol. The van der Waals surface area contributed by atoms with E-state index in [9.17, 15) is 0 Å². The van der Waals surface area contributed by atoms with Gasteiger partial charge in [-0.15, -0.1) is 0 Å². The summed E-state index contributed by atoms with van der Waals surface area (Å²) in [5.74, 6) is 1.48. The summed E-state index contributed by atoms with van der Waals surface area (Å²) in [7, 11) is 0. The van der Waals surface area contributed by atoms with E-state index in [-0.39, 0.29) is 5.60 Å².